The second-order valence-electron chi connectivity index (χ2n) is 3.99. The molecule has 0 fully saturated rings. The molecule has 0 amide bonds. The molecular formula is C10H14N4O3S. The Morgan fingerprint density at radius 1 is 1.56 bits per heavy atom. The number of hydrogen-bond acceptors (Lipinski definition) is 6. The number of nitrogens with zero attached hydrogens (tertiary/aromatic N) is 3. The summed E-state index contributed by atoms with van der Waals surface area (Å²) in [5.74, 6) is 5.93. The average Bonchev–Trinajstić information content (AvgIpc) is 2.34. The SMILES string of the molecule is COCC(C)C1=NS(=O)(=O)c2cnccc2N1N. The summed E-state index contributed by atoms with van der Waals surface area (Å²) in [6, 6.07) is 1.54. The van der Waals surface area contributed by atoms with Gasteiger partial charge in [0.05, 0.1) is 12.3 Å². The first kappa shape index (κ1) is 12.9. The van der Waals surface area contributed by atoms with E-state index in [1.807, 2.05) is 0 Å². The van der Waals surface area contributed by atoms with E-state index in [4.69, 9.17) is 10.6 Å². The third kappa shape index (κ3) is 2.09. The van der Waals surface area contributed by atoms with E-state index in [0.29, 0.717) is 12.3 Å². The molecule has 0 spiro atoms. The zero-order chi connectivity index (χ0) is 13.3. The molecule has 0 saturated heterocycles. The Kier molecular flexibility index (Phi) is 3.33. The highest BCUT2D eigenvalue weighted by atomic mass is 32.2. The standard InChI is InChI=1S/C10H14N4O3S/c1-7(6-17-2)10-13-18(15,16)9-5-12-4-3-8(9)14(10)11/h3-5,7H,6,11H2,1-2H3. The topological polar surface area (TPSA) is 97.9 Å². The fourth-order valence-corrected chi connectivity index (χ4v) is 3.00. The van der Waals surface area contributed by atoms with Crippen LogP contribution in [0.2, 0.25) is 0 Å². The van der Waals surface area contributed by atoms with E-state index in [0.717, 1.165) is 0 Å². The number of hydrazine groups is 1. The normalized spacial score (nSPS) is 19.1. The van der Waals surface area contributed by atoms with E-state index in [2.05, 4.69) is 9.38 Å². The van der Waals surface area contributed by atoms with Crippen molar-refractivity contribution in [2.45, 2.75) is 11.8 Å². The van der Waals surface area contributed by atoms with Crippen molar-refractivity contribution >= 4 is 21.5 Å². The molecule has 8 heteroatoms. The molecule has 98 valence electrons. The minimum atomic E-state index is -3.74. The fourth-order valence-electron chi connectivity index (χ4n) is 1.76. The molecule has 1 unspecified atom stereocenters. The Hall–Kier alpha value is -1.51. The van der Waals surface area contributed by atoms with Crippen molar-refractivity contribution in [3.63, 3.8) is 0 Å². The van der Waals surface area contributed by atoms with Crippen LogP contribution in [0.1, 0.15) is 6.92 Å². The summed E-state index contributed by atoms with van der Waals surface area (Å²) >= 11 is 0. The molecule has 0 aliphatic carbocycles. The number of aromatic nitrogens is 1. The summed E-state index contributed by atoms with van der Waals surface area (Å²) in [6.07, 6.45) is 2.73. The van der Waals surface area contributed by atoms with Gasteiger partial charge in [0, 0.05) is 25.4 Å². The summed E-state index contributed by atoms with van der Waals surface area (Å²) in [6.45, 7) is 2.13. The first-order chi connectivity index (χ1) is 8.47. The van der Waals surface area contributed by atoms with Crippen LogP contribution in [0.3, 0.4) is 0 Å². The summed E-state index contributed by atoms with van der Waals surface area (Å²) in [7, 11) is -2.20. The first-order valence-electron chi connectivity index (χ1n) is 5.30. The van der Waals surface area contributed by atoms with Crippen LogP contribution in [0, 0.1) is 5.92 Å². The Bertz CT molecular complexity index is 585. The van der Waals surface area contributed by atoms with Gasteiger partial charge in [-0.25, -0.2) is 5.84 Å². The van der Waals surface area contributed by atoms with Gasteiger partial charge in [0.2, 0.25) is 0 Å². The number of amidine groups is 1. The Labute approximate surface area is 105 Å². The van der Waals surface area contributed by atoms with Gasteiger partial charge in [0.25, 0.3) is 10.0 Å². The number of ether oxygens (including phenoxy) is 1. The zero-order valence-electron chi connectivity index (χ0n) is 10.1. The van der Waals surface area contributed by atoms with Gasteiger partial charge in [0.1, 0.15) is 10.7 Å². The number of sulfonamides is 1. The first-order valence-corrected chi connectivity index (χ1v) is 6.74. The number of anilines is 1. The van der Waals surface area contributed by atoms with Crippen LogP contribution in [0.4, 0.5) is 5.69 Å². The zero-order valence-corrected chi connectivity index (χ0v) is 10.9. The minimum Gasteiger partial charge on any atom is -0.384 e. The van der Waals surface area contributed by atoms with Gasteiger partial charge in [-0.15, -0.1) is 4.40 Å². The largest absolute Gasteiger partial charge is 0.384 e. The van der Waals surface area contributed by atoms with Crippen LogP contribution < -0.4 is 10.9 Å². The van der Waals surface area contributed by atoms with E-state index in [1.54, 1.807) is 13.0 Å². The molecule has 0 saturated carbocycles. The highest BCUT2D eigenvalue weighted by Crippen LogP contribution is 2.30. The lowest BCUT2D eigenvalue weighted by Crippen LogP contribution is -2.45. The second kappa shape index (κ2) is 4.63. The van der Waals surface area contributed by atoms with Crippen LogP contribution in [-0.4, -0.2) is 33.0 Å². The molecule has 1 atom stereocenters. The van der Waals surface area contributed by atoms with E-state index in [1.165, 1.54) is 24.5 Å². The monoisotopic (exact) mass is 270 g/mol. The molecule has 2 N–H and O–H groups in total. The van der Waals surface area contributed by atoms with Crippen molar-refractivity contribution in [2.24, 2.45) is 16.2 Å². The Morgan fingerprint density at radius 3 is 2.94 bits per heavy atom. The lowest BCUT2D eigenvalue weighted by atomic mass is 10.1. The smallest absolute Gasteiger partial charge is 0.287 e. The van der Waals surface area contributed by atoms with Crippen LogP contribution in [-0.2, 0) is 14.8 Å². The number of nitrogens with two attached hydrogens (primary N) is 1. The van der Waals surface area contributed by atoms with Gasteiger partial charge >= 0.3 is 0 Å². The molecule has 7 nitrogen and oxygen atoms in total. The molecule has 2 rings (SSSR count). The second-order valence-corrected chi connectivity index (χ2v) is 5.57. The predicted molar refractivity (Wildman–Crippen MR) is 66.6 cm³/mol. The molecule has 0 radical (unpaired) electrons. The van der Waals surface area contributed by atoms with Crippen LogP contribution in [0.25, 0.3) is 0 Å². The van der Waals surface area contributed by atoms with Crippen molar-refractivity contribution < 1.29 is 13.2 Å². The molecule has 0 bridgehead atoms. The van der Waals surface area contributed by atoms with Crippen molar-refractivity contribution in [3.8, 4) is 0 Å². The van der Waals surface area contributed by atoms with Gasteiger partial charge in [0.15, 0.2) is 0 Å². The third-order valence-corrected chi connectivity index (χ3v) is 3.92. The Morgan fingerprint density at radius 2 is 2.28 bits per heavy atom. The number of methoxy groups -OCH3 is 1. The van der Waals surface area contributed by atoms with E-state index >= 15 is 0 Å². The lowest BCUT2D eigenvalue weighted by Gasteiger charge is -2.29. The van der Waals surface area contributed by atoms with E-state index in [9.17, 15) is 8.42 Å². The van der Waals surface area contributed by atoms with Crippen molar-refractivity contribution in [1.82, 2.24) is 4.98 Å². The fraction of sp³-hybridized carbons (Fsp3) is 0.400. The van der Waals surface area contributed by atoms with Crippen LogP contribution in [0.5, 0.6) is 0 Å². The summed E-state index contributed by atoms with van der Waals surface area (Å²) < 4.78 is 32.7. The van der Waals surface area contributed by atoms with Crippen molar-refractivity contribution in [2.75, 3.05) is 18.7 Å². The number of fused-ring (bicyclic) bond motifs is 1. The third-order valence-electron chi connectivity index (χ3n) is 2.62. The molecule has 1 aromatic rings. The molecule has 18 heavy (non-hydrogen) atoms. The molecule has 2 heterocycles. The molecule has 1 aliphatic heterocycles. The number of rotatable bonds is 3. The van der Waals surface area contributed by atoms with Crippen molar-refractivity contribution in [1.29, 1.82) is 0 Å². The van der Waals surface area contributed by atoms with Crippen LogP contribution in [0.15, 0.2) is 27.8 Å². The maximum absolute atomic E-state index is 12.0. The van der Waals surface area contributed by atoms with Crippen molar-refractivity contribution in [3.05, 3.63) is 18.5 Å². The molecule has 1 aromatic heterocycles. The van der Waals surface area contributed by atoms with E-state index < -0.39 is 10.0 Å². The molecule has 0 aromatic carbocycles. The molecular weight excluding hydrogens is 256 g/mol. The maximum Gasteiger partial charge on any atom is 0.287 e. The highest BCUT2D eigenvalue weighted by Gasteiger charge is 2.31. The summed E-state index contributed by atoms with van der Waals surface area (Å²) in [5, 5.41) is 1.27. The number of pyridine rings is 1. The van der Waals surface area contributed by atoms with Gasteiger partial charge in [-0.1, -0.05) is 6.92 Å². The lowest BCUT2D eigenvalue weighted by molar-refractivity contribution is 0.181. The quantitative estimate of drug-likeness (QED) is 0.785. The summed E-state index contributed by atoms with van der Waals surface area (Å²) in [4.78, 5) is 3.79. The number of hydrogen-bond donors (Lipinski definition) is 1. The maximum atomic E-state index is 12.0. The average molecular weight is 270 g/mol. The van der Waals surface area contributed by atoms with Gasteiger partial charge in [-0.05, 0) is 6.07 Å². The highest BCUT2D eigenvalue weighted by molar-refractivity contribution is 7.90. The Balaban J connectivity index is 2.52. The van der Waals surface area contributed by atoms with E-state index in [-0.39, 0.29) is 16.6 Å². The predicted octanol–water partition coefficient (Wildman–Crippen LogP) is 0.145. The molecule has 1 aliphatic rings. The van der Waals surface area contributed by atoms with Gasteiger partial charge in [-0.2, -0.15) is 8.42 Å². The summed E-state index contributed by atoms with van der Waals surface area (Å²) in [5.41, 5.74) is 0.373. The van der Waals surface area contributed by atoms with Crippen LogP contribution >= 0.6 is 0 Å². The van der Waals surface area contributed by atoms with Gasteiger partial charge < -0.3 is 4.74 Å². The minimum absolute atomic E-state index is 0.0147. The van der Waals surface area contributed by atoms with Gasteiger partial charge in [-0.3, -0.25) is 9.99 Å².